The molecule has 0 radical (unpaired) electrons. The molecule has 4 nitrogen and oxygen atoms in total. The maximum absolute atomic E-state index is 12.9. The van der Waals surface area contributed by atoms with Gasteiger partial charge < -0.3 is 10.0 Å². The second-order valence-electron chi connectivity index (χ2n) is 6.19. The summed E-state index contributed by atoms with van der Waals surface area (Å²) in [5.74, 6) is -0.741. The first-order chi connectivity index (χ1) is 11.4. The molecule has 4 heteroatoms. The molecule has 1 N–H and O–H groups in total. The zero-order valence-corrected chi connectivity index (χ0v) is 13.5. The van der Waals surface area contributed by atoms with E-state index in [1.807, 2.05) is 19.1 Å². The summed E-state index contributed by atoms with van der Waals surface area (Å²) in [4.78, 5) is 26.9. The minimum Gasteiger partial charge on any atom is -0.375 e. The molecule has 0 saturated heterocycles. The highest BCUT2D eigenvalue weighted by atomic mass is 16.3. The number of hydrogen-bond acceptors (Lipinski definition) is 3. The first-order valence-corrected chi connectivity index (χ1v) is 7.80. The molecule has 2 aromatic rings. The van der Waals surface area contributed by atoms with Crippen molar-refractivity contribution in [3.05, 3.63) is 77.9 Å². The largest absolute Gasteiger partial charge is 0.375 e. The van der Waals surface area contributed by atoms with Crippen LogP contribution in [0.1, 0.15) is 29.3 Å². The van der Waals surface area contributed by atoms with Gasteiger partial charge >= 0.3 is 0 Å². The van der Waals surface area contributed by atoms with Gasteiger partial charge in [-0.3, -0.25) is 9.59 Å². The number of anilines is 1. The van der Waals surface area contributed by atoms with E-state index in [2.05, 4.69) is 6.58 Å². The van der Waals surface area contributed by atoms with Gasteiger partial charge in [-0.05, 0) is 13.0 Å². The third-order valence-electron chi connectivity index (χ3n) is 4.18. The van der Waals surface area contributed by atoms with Crippen molar-refractivity contribution in [3.8, 4) is 0 Å². The minimum absolute atomic E-state index is 0.265. The molecule has 0 saturated carbocycles. The van der Waals surface area contributed by atoms with Crippen LogP contribution in [-0.4, -0.2) is 23.3 Å². The van der Waals surface area contributed by atoms with Gasteiger partial charge in [-0.1, -0.05) is 60.7 Å². The molecule has 1 atom stereocenters. The van der Waals surface area contributed by atoms with E-state index in [4.69, 9.17) is 0 Å². The summed E-state index contributed by atoms with van der Waals surface area (Å²) in [6.07, 6.45) is -0.278. The van der Waals surface area contributed by atoms with Crippen LogP contribution in [0.2, 0.25) is 0 Å². The van der Waals surface area contributed by atoms with E-state index in [1.165, 1.54) is 4.90 Å². The fourth-order valence-electron chi connectivity index (χ4n) is 3.06. The summed E-state index contributed by atoms with van der Waals surface area (Å²) >= 11 is 0. The molecule has 1 heterocycles. The summed E-state index contributed by atoms with van der Waals surface area (Å²) in [6, 6.07) is 15.7. The molecule has 1 aliphatic heterocycles. The Labute approximate surface area is 141 Å². The number of fused-ring (bicyclic) bond motifs is 1. The average Bonchev–Trinajstić information content (AvgIpc) is 2.78. The van der Waals surface area contributed by atoms with E-state index < -0.39 is 11.5 Å². The number of Topliss-reactive ketones (excluding diaryl/α,β-unsaturated/α-hetero) is 1. The smallest absolute Gasteiger partial charge is 0.264 e. The van der Waals surface area contributed by atoms with Crippen LogP contribution in [0.5, 0.6) is 0 Å². The number of amides is 1. The summed E-state index contributed by atoms with van der Waals surface area (Å²) in [5, 5.41) is 11.1. The Kier molecular flexibility index (Phi) is 4.08. The van der Waals surface area contributed by atoms with Crippen LogP contribution in [0, 0.1) is 0 Å². The van der Waals surface area contributed by atoms with Gasteiger partial charge in [-0.25, -0.2) is 0 Å². The number of hydrogen-bond donors (Lipinski definition) is 1. The molecule has 0 aromatic heterocycles. The number of nitrogens with zero attached hydrogens (tertiary/aromatic N) is 1. The molecule has 122 valence electrons. The number of aliphatic hydroxyl groups is 1. The van der Waals surface area contributed by atoms with Crippen LogP contribution in [0.3, 0.4) is 0 Å². The van der Waals surface area contributed by atoms with Crippen LogP contribution < -0.4 is 4.90 Å². The van der Waals surface area contributed by atoms with Crippen molar-refractivity contribution in [3.63, 3.8) is 0 Å². The van der Waals surface area contributed by atoms with E-state index in [1.54, 1.807) is 42.5 Å². The van der Waals surface area contributed by atoms with Crippen LogP contribution in [-0.2, 0) is 10.4 Å². The van der Waals surface area contributed by atoms with Gasteiger partial charge in [0.2, 0.25) is 0 Å². The van der Waals surface area contributed by atoms with Gasteiger partial charge in [0.1, 0.15) is 0 Å². The number of benzene rings is 2. The van der Waals surface area contributed by atoms with Crippen LogP contribution >= 0.6 is 0 Å². The van der Waals surface area contributed by atoms with Crippen LogP contribution in [0.15, 0.2) is 66.7 Å². The summed E-state index contributed by atoms with van der Waals surface area (Å²) < 4.78 is 0. The first-order valence-electron chi connectivity index (χ1n) is 7.80. The van der Waals surface area contributed by atoms with E-state index >= 15 is 0 Å². The summed E-state index contributed by atoms with van der Waals surface area (Å²) in [6.45, 7) is 5.98. The second-order valence-corrected chi connectivity index (χ2v) is 6.19. The molecular formula is C20H19NO3. The molecule has 2 aromatic carbocycles. The first kappa shape index (κ1) is 16.1. The highest BCUT2D eigenvalue weighted by Gasteiger charge is 2.50. The van der Waals surface area contributed by atoms with E-state index in [9.17, 15) is 14.7 Å². The molecule has 0 fully saturated rings. The lowest BCUT2D eigenvalue weighted by Crippen LogP contribution is -2.42. The predicted molar refractivity (Wildman–Crippen MR) is 92.9 cm³/mol. The van der Waals surface area contributed by atoms with Gasteiger partial charge in [0, 0.05) is 17.7 Å². The quantitative estimate of drug-likeness (QED) is 0.680. The summed E-state index contributed by atoms with van der Waals surface area (Å²) in [5.41, 5.74) is 0.555. The Balaban J connectivity index is 1.98. The third kappa shape index (κ3) is 2.65. The topological polar surface area (TPSA) is 57.6 Å². The molecule has 1 aliphatic rings. The van der Waals surface area contributed by atoms with Crippen LogP contribution in [0.4, 0.5) is 5.69 Å². The molecule has 0 aliphatic carbocycles. The SMILES string of the molecule is C=C(C)CN1C(=O)[C@@](O)(CC(=O)c2ccccc2)c2ccccc21. The van der Waals surface area contributed by atoms with Gasteiger partial charge in [0.05, 0.1) is 12.1 Å². The molecule has 0 spiro atoms. The fourth-order valence-corrected chi connectivity index (χ4v) is 3.06. The lowest BCUT2D eigenvalue weighted by atomic mass is 9.88. The lowest BCUT2D eigenvalue weighted by molar-refractivity contribution is -0.135. The second kappa shape index (κ2) is 6.06. The van der Waals surface area contributed by atoms with Crippen molar-refractivity contribution >= 4 is 17.4 Å². The maximum atomic E-state index is 12.9. The van der Waals surface area contributed by atoms with Gasteiger partial charge in [0.25, 0.3) is 5.91 Å². The maximum Gasteiger partial charge on any atom is 0.264 e. The number of ketones is 1. The number of carbonyl (C=O) groups is 2. The molecule has 1 amide bonds. The van der Waals surface area contributed by atoms with Gasteiger partial charge in [-0.2, -0.15) is 0 Å². The predicted octanol–water partition coefficient (Wildman–Crippen LogP) is 3.07. The molecular weight excluding hydrogens is 302 g/mol. The monoisotopic (exact) mass is 321 g/mol. The number of carbonyl (C=O) groups excluding carboxylic acids is 2. The van der Waals surface area contributed by atoms with E-state index in [0.717, 1.165) is 5.57 Å². The minimum atomic E-state index is -1.83. The Morgan fingerprint density at radius 1 is 1.12 bits per heavy atom. The highest BCUT2D eigenvalue weighted by Crippen LogP contribution is 2.43. The summed E-state index contributed by atoms with van der Waals surface area (Å²) in [7, 11) is 0. The number of para-hydroxylation sites is 1. The molecule has 3 rings (SSSR count). The Hall–Kier alpha value is -2.72. The van der Waals surface area contributed by atoms with Crippen molar-refractivity contribution < 1.29 is 14.7 Å². The standard InChI is InChI=1S/C20H19NO3/c1-14(2)13-21-17-11-7-6-10-16(17)20(24,19(21)23)12-18(22)15-8-4-3-5-9-15/h3-11,24H,1,12-13H2,2H3/t20-/m1/s1. The van der Waals surface area contributed by atoms with E-state index in [-0.39, 0.29) is 12.2 Å². The normalized spacial score (nSPS) is 19.2. The zero-order valence-electron chi connectivity index (χ0n) is 13.5. The van der Waals surface area contributed by atoms with Gasteiger partial charge in [-0.15, -0.1) is 0 Å². The molecule has 0 bridgehead atoms. The van der Waals surface area contributed by atoms with Crippen molar-refractivity contribution in [2.24, 2.45) is 0 Å². The van der Waals surface area contributed by atoms with Crippen molar-refractivity contribution in [2.45, 2.75) is 18.9 Å². The Morgan fingerprint density at radius 2 is 1.75 bits per heavy atom. The Bertz CT molecular complexity index is 813. The number of rotatable bonds is 5. The highest BCUT2D eigenvalue weighted by molar-refractivity contribution is 6.10. The third-order valence-corrected chi connectivity index (χ3v) is 4.18. The molecule has 0 unspecified atom stereocenters. The van der Waals surface area contributed by atoms with Crippen LogP contribution in [0.25, 0.3) is 0 Å². The molecule has 24 heavy (non-hydrogen) atoms. The Morgan fingerprint density at radius 3 is 2.42 bits per heavy atom. The van der Waals surface area contributed by atoms with Crippen molar-refractivity contribution in [2.75, 3.05) is 11.4 Å². The fraction of sp³-hybridized carbons (Fsp3) is 0.200. The average molecular weight is 321 g/mol. The zero-order chi connectivity index (χ0) is 17.3. The van der Waals surface area contributed by atoms with E-state index in [0.29, 0.717) is 23.4 Å². The van der Waals surface area contributed by atoms with Crippen molar-refractivity contribution in [1.29, 1.82) is 0 Å². The van der Waals surface area contributed by atoms with Crippen molar-refractivity contribution in [1.82, 2.24) is 0 Å². The van der Waals surface area contributed by atoms with Gasteiger partial charge in [0.15, 0.2) is 11.4 Å². The lowest BCUT2D eigenvalue weighted by Gasteiger charge is -2.22.